The predicted octanol–water partition coefficient (Wildman–Crippen LogP) is 3.17. The minimum atomic E-state index is -4.48. The van der Waals surface area contributed by atoms with Crippen molar-refractivity contribution in [1.82, 2.24) is 9.55 Å². The Morgan fingerprint density at radius 2 is 1.81 bits per heavy atom. The molecule has 0 bridgehead atoms. The second kappa shape index (κ2) is 4.07. The summed E-state index contributed by atoms with van der Waals surface area (Å²) in [6.07, 6.45) is -3.62. The molecule has 0 spiro atoms. The molecule has 0 unspecified atom stereocenters. The second-order valence-electron chi connectivity index (χ2n) is 4.58. The largest absolute Gasteiger partial charge is 0.434 e. The highest BCUT2D eigenvalue weighted by Crippen LogP contribution is 2.31. The van der Waals surface area contributed by atoms with Gasteiger partial charge >= 0.3 is 6.18 Å². The van der Waals surface area contributed by atoms with Crippen LogP contribution in [0.3, 0.4) is 0 Å². The number of alkyl halides is 4. The Hall–Kier alpha value is -1.07. The van der Waals surface area contributed by atoms with Gasteiger partial charge in [-0.25, -0.2) is 9.37 Å². The molecule has 0 amide bonds. The lowest BCUT2D eigenvalue weighted by molar-refractivity contribution is -0.141. The third kappa shape index (κ3) is 2.74. The Kier molecular flexibility index (Phi) is 3.30. The fourth-order valence-corrected chi connectivity index (χ4v) is 1.41. The molecule has 0 aliphatic rings. The fourth-order valence-electron chi connectivity index (χ4n) is 1.41. The molecule has 0 aliphatic carbocycles. The number of nitrogens with zero attached hydrogens (tertiary/aromatic N) is 2. The second-order valence-corrected chi connectivity index (χ2v) is 4.58. The van der Waals surface area contributed by atoms with Gasteiger partial charge in [-0.3, -0.25) is 0 Å². The summed E-state index contributed by atoms with van der Waals surface area (Å²) in [5.74, 6) is 0.248. The third-order valence-electron chi connectivity index (χ3n) is 2.06. The summed E-state index contributed by atoms with van der Waals surface area (Å²) in [7, 11) is 0. The quantitative estimate of drug-likeness (QED) is 0.723. The zero-order valence-electron chi connectivity index (χ0n) is 9.40. The van der Waals surface area contributed by atoms with Crippen LogP contribution in [0.2, 0.25) is 0 Å². The molecular formula is C10H14F4N2. The van der Waals surface area contributed by atoms with Crippen LogP contribution in [-0.2, 0) is 18.1 Å². The van der Waals surface area contributed by atoms with Crippen LogP contribution in [0.25, 0.3) is 0 Å². The number of aromatic nitrogens is 2. The maximum absolute atomic E-state index is 12.4. The zero-order chi connectivity index (χ0) is 12.6. The topological polar surface area (TPSA) is 17.8 Å². The summed E-state index contributed by atoms with van der Waals surface area (Å²) in [5, 5.41) is 0. The van der Waals surface area contributed by atoms with E-state index in [-0.39, 0.29) is 12.4 Å². The Morgan fingerprint density at radius 3 is 2.19 bits per heavy atom. The van der Waals surface area contributed by atoms with E-state index in [0.29, 0.717) is 0 Å². The molecule has 1 aromatic rings. The molecule has 1 heterocycles. The highest BCUT2D eigenvalue weighted by molar-refractivity contribution is 5.13. The van der Waals surface area contributed by atoms with E-state index >= 15 is 0 Å². The van der Waals surface area contributed by atoms with Crippen LogP contribution < -0.4 is 0 Å². The van der Waals surface area contributed by atoms with E-state index < -0.39 is 24.0 Å². The molecule has 0 atom stereocenters. The molecule has 0 fully saturated rings. The van der Waals surface area contributed by atoms with Gasteiger partial charge in [0.15, 0.2) is 5.69 Å². The minimum absolute atomic E-state index is 0.102. The van der Waals surface area contributed by atoms with Gasteiger partial charge < -0.3 is 4.57 Å². The number of aryl methyl sites for hydroxylation is 1. The first-order valence-corrected chi connectivity index (χ1v) is 4.87. The number of hydrogen-bond acceptors (Lipinski definition) is 1. The van der Waals surface area contributed by atoms with Crippen LogP contribution >= 0.6 is 0 Å². The first-order chi connectivity index (χ1) is 7.16. The smallest absolute Gasteiger partial charge is 0.331 e. The molecule has 0 radical (unpaired) electrons. The van der Waals surface area contributed by atoms with Crippen LogP contribution in [0.15, 0.2) is 6.20 Å². The number of rotatable bonds is 2. The van der Waals surface area contributed by atoms with Crippen LogP contribution in [0.5, 0.6) is 0 Å². The number of halogens is 4. The summed E-state index contributed by atoms with van der Waals surface area (Å²) >= 11 is 0. The Labute approximate surface area is 91.3 Å². The molecule has 0 saturated heterocycles. The molecule has 92 valence electrons. The van der Waals surface area contributed by atoms with Gasteiger partial charge in [-0.1, -0.05) is 20.8 Å². The Morgan fingerprint density at radius 1 is 1.25 bits per heavy atom. The Bertz CT molecular complexity index is 360. The van der Waals surface area contributed by atoms with Crippen LogP contribution in [0, 0.1) is 0 Å². The molecule has 6 heteroatoms. The van der Waals surface area contributed by atoms with Gasteiger partial charge in [0, 0.05) is 11.6 Å². The van der Waals surface area contributed by atoms with Crippen molar-refractivity contribution >= 4 is 0 Å². The first-order valence-electron chi connectivity index (χ1n) is 4.87. The van der Waals surface area contributed by atoms with E-state index in [4.69, 9.17) is 0 Å². The average Bonchev–Trinajstić information content (AvgIpc) is 2.46. The van der Waals surface area contributed by atoms with Crippen LogP contribution in [-0.4, -0.2) is 16.2 Å². The first kappa shape index (κ1) is 13.0. The van der Waals surface area contributed by atoms with Crippen molar-refractivity contribution in [3.63, 3.8) is 0 Å². The lowest BCUT2D eigenvalue weighted by Crippen LogP contribution is -2.19. The third-order valence-corrected chi connectivity index (χ3v) is 2.06. The van der Waals surface area contributed by atoms with E-state index in [1.807, 2.05) is 0 Å². The van der Waals surface area contributed by atoms with E-state index in [9.17, 15) is 17.6 Å². The summed E-state index contributed by atoms with van der Waals surface area (Å²) in [4.78, 5) is 3.54. The van der Waals surface area contributed by atoms with Gasteiger partial charge in [0.2, 0.25) is 0 Å². The van der Waals surface area contributed by atoms with Gasteiger partial charge in [-0.15, -0.1) is 0 Å². The maximum atomic E-state index is 12.4. The monoisotopic (exact) mass is 238 g/mol. The molecule has 0 N–H and O–H groups in total. The molecular weight excluding hydrogens is 224 g/mol. The van der Waals surface area contributed by atoms with Gasteiger partial charge in [0.1, 0.15) is 12.5 Å². The molecule has 1 rings (SSSR count). The number of hydrogen-bond donors (Lipinski definition) is 0. The highest BCUT2D eigenvalue weighted by atomic mass is 19.4. The van der Waals surface area contributed by atoms with E-state index in [1.165, 1.54) is 4.57 Å². The van der Waals surface area contributed by atoms with Crippen molar-refractivity contribution in [2.45, 2.75) is 38.9 Å². The predicted molar refractivity (Wildman–Crippen MR) is 51.9 cm³/mol. The van der Waals surface area contributed by atoms with Crippen molar-refractivity contribution in [1.29, 1.82) is 0 Å². The molecule has 2 nitrogen and oxygen atoms in total. The zero-order valence-corrected chi connectivity index (χ0v) is 9.40. The van der Waals surface area contributed by atoms with Gasteiger partial charge in [-0.2, -0.15) is 13.2 Å². The molecule has 0 saturated carbocycles. The van der Waals surface area contributed by atoms with Crippen molar-refractivity contribution < 1.29 is 17.6 Å². The standard InChI is InChI=1S/C10H14F4N2/c1-9(2,3)8-15-7(10(12,13)14)6-16(8)5-4-11/h6H,4-5H2,1-3H3. The van der Waals surface area contributed by atoms with Crippen LogP contribution in [0.4, 0.5) is 17.6 Å². The van der Waals surface area contributed by atoms with Crippen molar-refractivity contribution in [2.24, 2.45) is 0 Å². The molecule has 0 aliphatic heterocycles. The summed E-state index contributed by atoms with van der Waals surface area (Å²) in [5.41, 5.74) is -1.51. The van der Waals surface area contributed by atoms with E-state index in [2.05, 4.69) is 4.98 Å². The SMILES string of the molecule is CC(C)(C)c1nc(C(F)(F)F)cn1CCF. The Balaban J connectivity index is 3.21. The normalized spacial score (nSPS) is 13.2. The maximum Gasteiger partial charge on any atom is 0.434 e. The highest BCUT2D eigenvalue weighted by Gasteiger charge is 2.36. The molecule has 16 heavy (non-hydrogen) atoms. The van der Waals surface area contributed by atoms with Crippen LogP contribution in [0.1, 0.15) is 32.3 Å². The van der Waals surface area contributed by atoms with Crippen molar-refractivity contribution in [2.75, 3.05) is 6.67 Å². The average molecular weight is 238 g/mol. The summed E-state index contributed by atoms with van der Waals surface area (Å²) < 4.78 is 50.8. The molecule has 1 aromatic heterocycles. The fraction of sp³-hybridized carbons (Fsp3) is 0.700. The van der Waals surface area contributed by atoms with E-state index in [0.717, 1.165) is 6.20 Å². The lowest BCUT2D eigenvalue weighted by atomic mass is 9.96. The van der Waals surface area contributed by atoms with Gasteiger partial charge in [0.25, 0.3) is 0 Å². The van der Waals surface area contributed by atoms with Crippen molar-refractivity contribution in [3.8, 4) is 0 Å². The van der Waals surface area contributed by atoms with Gasteiger partial charge in [-0.05, 0) is 0 Å². The summed E-state index contributed by atoms with van der Waals surface area (Å²) in [6.45, 7) is 4.41. The summed E-state index contributed by atoms with van der Waals surface area (Å²) in [6, 6.07) is 0. The van der Waals surface area contributed by atoms with Gasteiger partial charge in [0.05, 0.1) is 6.54 Å². The number of imidazole rings is 1. The van der Waals surface area contributed by atoms with E-state index in [1.54, 1.807) is 20.8 Å². The van der Waals surface area contributed by atoms with Crippen molar-refractivity contribution in [3.05, 3.63) is 17.7 Å². The minimum Gasteiger partial charge on any atom is -0.331 e. The lowest BCUT2D eigenvalue weighted by Gasteiger charge is -2.18. The molecule has 0 aromatic carbocycles.